The van der Waals surface area contributed by atoms with Crippen molar-refractivity contribution in [3.63, 3.8) is 0 Å². The van der Waals surface area contributed by atoms with Crippen molar-refractivity contribution in [3.05, 3.63) is 12.7 Å². The lowest BCUT2D eigenvalue weighted by molar-refractivity contribution is -0.870. The number of carbonyl (C=O) groups is 1. The van der Waals surface area contributed by atoms with Crippen molar-refractivity contribution in [2.75, 3.05) is 34.3 Å². The third-order valence-corrected chi connectivity index (χ3v) is 1.74. The molecule has 96 valence electrons. The van der Waals surface area contributed by atoms with Gasteiger partial charge in [-0.15, -0.1) is 0 Å². The predicted molar refractivity (Wildman–Crippen MR) is 60.3 cm³/mol. The number of amides is 1. The molecule has 4 N–H and O–H groups in total. The fourth-order valence-corrected chi connectivity index (χ4v) is 0.753. The molecule has 0 saturated carbocycles. The van der Waals surface area contributed by atoms with Crippen molar-refractivity contribution in [1.82, 2.24) is 0 Å². The molecule has 1 amide bonds. The first-order chi connectivity index (χ1) is 6.98. The largest absolute Gasteiger partial charge is 0.469 e. The summed E-state index contributed by atoms with van der Waals surface area (Å²) in [6, 6.07) is 0. The van der Waals surface area contributed by atoms with Crippen LogP contribution < -0.4 is 5.73 Å². The number of primary amides is 1. The molecule has 0 atom stereocenters. The molecule has 0 fully saturated rings. The summed E-state index contributed by atoms with van der Waals surface area (Å²) in [6.45, 7) is 3.74. The van der Waals surface area contributed by atoms with Crippen LogP contribution in [-0.2, 0) is 13.9 Å². The molecule has 0 aliphatic carbocycles. The van der Waals surface area contributed by atoms with E-state index in [4.69, 9.17) is 9.79 Å². The lowest BCUT2D eigenvalue weighted by atomic mass is 10.5. The zero-order valence-corrected chi connectivity index (χ0v) is 10.7. The van der Waals surface area contributed by atoms with Crippen molar-refractivity contribution < 1.29 is 28.2 Å². The molecule has 0 unspecified atom stereocenters. The van der Waals surface area contributed by atoms with Crippen LogP contribution in [0, 0.1) is 0 Å². The standard InChI is InChI=1S/C5H14NO4P.C3H5NO/c1-6(2,3)4-5-10-11(7,8)9;1-2-3(4)5/h4-5H2,1-3H3,(H-,7,8,9);2H,1H2,(H2,4,5)/p+1. The van der Waals surface area contributed by atoms with E-state index in [0.29, 0.717) is 11.0 Å². The van der Waals surface area contributed by atoms with Crippen LogP contribution in [0.15, 0.2) is 12.7 Å². The molecular formula is C8H20N2O5P+. The van der Waals surface area contributed by atoms with Crippen molar-refractivity contribution in [2.24, 2.45) is 5.73 Å². The second-order valence-corrected chi connectivity index (χ2v) is 5.18. The molecule has 0 radical (unpaired) electrons. The Labute approximate surface area is 95.3 Å². The quantitative estimate of drug-likeness (QED) is 0.347. The zero-order valence-electron chi connectivity index (χ0n) is 9.79. The van der Waals surface area contributed by atoms with Crippen LogP contribution in [0.4, 0.5) is 0 Å². The van der Waals surface area contributed by atoms with E-state index in [9.17, 15) is 9.36 Å². The van der Waals surface area contributed by atoms with Gasteiger partial charge in [-0.2, -0.15) is 0 Å². The van der Waals surface area contributed by atoms with Crippen LogP contribution in [-0.4, -0.2) is 54.5 Å². The Bertz CT molecular complexity index is 268. The molecule has 0 saturated heterocycles. The average molecular weight is 255 g/mol. The number of nitrogens with two attached hydrogens (primary N) is 1. The van der Waals surface area contributed by atoms with Crippen LogP contribution in [0.3, 0.4) is 0 Å². The number of nitrogens with zero attached hydrogens (tertiary/aromatic N) is 1. The maximum Gasteiger partial charge on any atom is 0.469 e. The Morgan fingerprint density at radius 3 is 2.06 bits per heavy atom. The number of phosphoric ester groups is 1. The smallest absolute Gasteiger partial charge is 0.366 e. The van der Waals surface area contributed by atoms with Gasteiger partial charge in [-0.05, 0) is 6.08 Å². The van der Waals surface area contributed by atoms with E-state index in [0.717, 1.165) is 6.08 Å². The van der Waals surface area contributed by atoms with Crippen molar-refractivity contribution in [3.8, 4) is 0 Å². The Hall–Kier alpha value is -0.720. The Balaban J connectivity index is 0. The lowest BCUT2D eigenvalue weighted by Gasteiger charge is -2.23. The average Bonchev–Trinajstić information content (AvgIpc) is 2.00. The number of rotatable bonds is 5. The van der Waals surface area contributed by atoms with E-state index in [1.54, 1.807) is 0 Å². The number of phosphoric acid groups is 1. The molecule has 0 heterocycles. The monoisotopic (exact) mass is 255 g/mol. The summed E-state index contributed by atoms with van der Waals surface area (Å²) in [4.78, 5) is 26.1. The normalized spacial score (nSPS) is 11.3. The van der Waals surface area contributed by atoms with Crippen LogP contribution in [0.2, 0.25) is 0 Å². The highest BCUT2D eigenvalue weighted by Crippen LogP contribution is 2.35. The SMILES string of the molecule is C=CC(N)=O.C[N+](C)(C)CCOP(=O)(O)O. The van der Waals surface area contributed by atoms with Crippen molar-refractivity contribution in [2.45, 2.75) is 0 Å². The molecule has 8 heteroatoms. The van der Waals surface area contributed by atoms with E-state index in [1.165, 1.54) is 0 Å². The summed E-state index contributed by atoms with van der Waals surface area (Å²) in [7, 11) is 1.50. The molecule has 16 heavy (non-hydrogen) atoms. The van der Waals surface area contributed by atoms with E-state index in [-0.39, 0.29) is 6.61 Å². The summed E-state index contributed by atoms with van der Waals surface area (Å²) >= 11 is 0. The second kappa shape index (κ2) is 7.54. The van der Waals surface area contributed by atoms with Crippen LogP contribution in [0.5, 0.6) is 0 Å². The number of quaternary nitrogens is 1. The molecule has 0 aromatic heterocycles. The molecule has 0 bridgehead atoms. The van der Waals surface area contributed by atoms with Crippen LogP contribution >= 0.6 is 7.82 Å². The molecule has 0 aliphatic rings. The fraction of sp³-hybridized carbons (Fsp3) is 0.625. The third kappa shape index (κ3) is 23.3. The second-order valence-electron chi connectivity index (χ2n) is 3.94. The Morgan fingerprint density at radius 1 is 1.50 bits per heavy atom. The van der Waals surface area contributed by atoms with Gasteiger partial charge < -0.3 is 20.0 Å². The minimum atomic E-state index is -4.26. The molecular weight excluding hydrogens is 235 g/mol. The van der Waals surface area contributed by atoms with Gasteiger partial charge >= 0.3 is 7.82 Å². The topological polar surface area (TPSA) is 110 Å². The third-order valence-electron chi connectivity index (χ3n) is 1.22. The minimum Gasteiger partial charge on any atom is -0.366 e. The summed E-state index contributed by atoms with van der Waals surface area (Å²) in [5, 5.41) is 0. The van der Waals surface area contributed by atoms with Gasteiger partial charge in [-0.1, -0.05) is 6.58 Å². The van der Waals surface area contributed by atoms with Gasteiger partial charge in [0.25, 0.3) is 0 Å². The molecule has 0 aliphatic heterocycles. The highest BCUT2D eigenvalue weighted by Gasteiger charge is 2.15. The molecule has 0 spiro atoms. The molecule has 0 aromatic carbocycles. The number of carbonyl (C=O) groups excluding carboxylic acids is 1. The maximum atomic E-state index is 10.2. The van der Waals surface area contributed by atoms with Crippen LogP contribution in [0.1, 0.15) is 0 Å². The first kappa shape index (κ1) is 17.7. The van der Waals surface area contributed by atoms with Crippen LogP contribution in [0.25, 0.3) is 0 Å². The summed E-state index contributed by atoms with van der Waals surface area (Å²) in [5.74, 6) is -0.481. The van der Waals surface area contributed by atoms with E-state index in [1.807, 2.05) is 21.1 Å². The lowest BCUT2D eigenvalue weighted by Crippen LogP contribution is -2.37. The van der Waals surface area contributed by atoms with Gasteiger partial charge in [0.2, 0.25) is 5.91 Å². The van der Waals surface area contributed by atoms with E-state index < -0.39 is 13.7 Å². The number of likely N-dealkylation sites (N-methyl/N-ethyl adjacent to an activating group) is 1. The van der Waals surface area contributed by atoms with E-state index in [2.05, 4.69) is 16.8 Å². The van der Waals surface area contributed by atoms with Crippen molar-refractivity contribution in [1.29, 1.82) is 0 Å². The highest BCUT2D eigenvalue weighted by molar-refractivity contribution is 7.46. The van der Waals surface area contributed by atoms with Gasteiger partial charge in [-0.3, -0.25) is 9.32 Å². The molecule has 7 nitrogen and oxygen atoms in total. The van der Waals surface area contributed by atoms with Gasteiger partial charge in [0.15, 0.2) is 0 Å². The molecule has 0 rings (SSSR count). The Kier molecular flexibility index (Phi) is 8.32. The number of hydrogen-bond donors (Lipinski definition) is 3. The summed E-state index contributed by atoms with van der Waals surface area (Å²) in [5.41, 5.74) is 4.53. The van der Waals surface area contributed by atoms with Crippen molar-refractivity contribution >= 4 is 13.7 Å². The highest BCUT2D eigenvalue weighted by atomic mass is 31.2. The fourth-order valence-electron chi connectivity index (χ4n) is 0.434. The van der Waals surface area contributed by atoms with Gasteiger partial charge in [0, 0.05) is 0 Å². The zero-order chi connectivity index (χ0) is 13.4. The summed E-state index contributed by atoms with van der Waals surface area (Å²) < 4.78 is 15.1. The van der Waals surface area contributed by atoms with Gasteiger partial charge in [-0.25, -0.2) is 4.57 Å². The molecule has 0 aromatic rings. The van der Waals surface area contributed by atoms with E-state index >= 15 is 0 Å². The van der Waals surface area contributed by atoms with Gasteiger partial charge in [0.1, 0.15) is 13.2 Å². The summed E-state index contributed by atoms with van der Waals surface area (Å²) in [6.07, 6.45) is 1.06. The first-order valence-corrected chi connectivity index (χ1v) is 5.93. The maximum absolute atomic E-state index is 10.2. The Morgan fingerprint density at radius 2 is 1.88 bits per heavy atom. The number of hydrogen-bond acceptors (Lipinski definition) is 3. The minimum absolute atomic E-state index is 0.0772. The van der Waals surface area contributed by atoms with Gasteiger partial charge in [0.05, 0.1) is 21.1 Å². The predicted octanol–water partition coefficient (Wildman–Crippen LogP) is -0.540. The first-order valence-electron chi connectivity index (χ1n) is 4.40.